The van der Waals surface area contributed by atoms with Crippen molar-refractivity contribution in [2.24, 2.45) is 5.92 Å². The van der Waals surface area contributed by atoms with Gasteiger partial charge in [-0.2, -0.15) is 0 Å². The molecule has 1 heterocycles. The smallest absolute Gasteiger partial charge is 0.203 e. The minimum absolute atomic E-state index is 0.603. The summed E-state index contributed by atoms with van der Waals surface area (Å²) in [6.07, 6.45) is 3.78. The summed E-state index contributed by atoms with van der Waals surface area (Å²) in [7, 11) is -2.15. The maximum Gasteiger partial charge on any atom is 0.203 e. The van der Waals surface area contributed by atoms with Crippen molar-refractivity contribution in [2.75, 3.05) is 18.9 Å². The highest BCUT2D eigenvalue weighted by Crippen LogP contribution is 2.52. The molecule has 0 aromatic rings. The molecule has 0 aliphatic carbocycles. The first kappa shape index (κ1) is 9.28. The Hall–Kier alpha value is 0.190. The fourth-order valence-corrected chi connectivity index (χ4v) is 4.08. The minimum Gasteiger partial charge on any atom is -0.329 e. The zero-order valence-electron chi connectivity index (χ0n) is 7.38. The molecule has 0 aromatic heterocycles. The maximum atomic E-state index is 11.8. The van der Waals surface area contributed by atoms with Crippen LogP contribution in [0.25, 0.3) is 0 Å². The number of rotatable bonds is 2. The Morgan fingerprint density at radius 1 is 1.45 bits per heavy atom. The molecule has 1 aliphatic heterocycles. The molecule has 0 unspecified atom stereocenters. The number of hydrogen-bond donors (Lipinski definition) is 0. The molecule has 0 amide bonds. The second kappa shape index (κ2) is 3.73. The summed E-state index contributed by atoms with van der Waals surface area (Å²) < 4.78 is 17.0. The van der Waals surface area contributed by atoms with Crippen molar-refractivity contribution in [2.45, 2.75) is 26.7 Å². The van der Waals surface area contributed by atoms with E-state index in [9.17, 15) is 4.57 Å². The molecule has 0 radical (unpaired) electrons. The predicted molar refractivity (Wildman–Crippen MR) is 47.4 cm³/mol. The molecule has 3 heteroatoms. The summed E-state index contributed by atoms with van der Waals surface area (Å²) in [6.45, 7) is 4.73. The van der Waals surface area contributed by atoms with Crippen molar-refractivity contribution in [3.8, 4) is 0 Å². The number of hydrogen-bond acceptors (Lipinski definition) is 2. The summed E-state index contributed by atoms with van der Waals surface area (Å²) in [5.74, 6) is 0.748. The van der Waals surface area contributed by atoms with Gasteiger partial charge in [0.05, 0.1) is 6.61 Å². The van der Waals surface area contributed by atoms with Gasteiger partial charge in [-0.15, -0.1) is 0 Å². The lowest BCUT2D eigenvalue weighted by atomic mass is 10.1. The quantitative estimate of drug-likeness (QED) is 0.604. The summed E-state index contributed by atoms with van der Waals surface area (Å²) in [5.41, 5.74) is 0. The first-order valence-corrected chi connectivity index (χ1v) is 6.38. The minimum atomic E-state index is -2.15. The molecular formula is C8H17O2P. The molecule has 0 atom stereocenters. The van der Waals surface area contributed by atoms with E-state index in [0.717, 1.165) is 31.1 Å². The average Bonchev–Trinajstić information content (AvgIpc) is 1.97. The van der Waals surface area contributed by atoms with Crippen LogP contribution in [0.2, 0.25) is 0 Å². The van der Waals surface area contributed by atoms with Gasteiger partial charge in [0.2, 0.25) is 7.37 Å². The summed E-state index contributed by atoms with van der Waals surface area (Å²) >= 11 is 0. The van der Waals surface area contributed by atoms with Gasteiger partial charge in [0.1, 0.15) is 0 Å². The van der Waals surface area contributed by atoms with Gasteiger partial charge in [-0.3, -0.25) is 4.57 Å². The lowest BCUT2D eigenvalue weighted by molar-refractivity contribution is 0.319. The van der Waals surface area contributed by atoms with Crippen LogP contribution in [0.5, 0.6) is 0 Å². The van der Waals surface area contributed by atoms with E-state index in [1.165, 1.54) is 0 Å². The summed E-state index contributed by atoms with van der Waals surface area (Å²) in [4.78, 5) is 0. The molecule has 1 fully saturated rings. The first-order chi connectivity index (χ1) is 5.16. The van der Waals surface area contributed by atoms with Crippen molar-refractivity contribution in [1.82, 2.24) is 0 Å². The van der Waals surface area contributed by atoms with E-state index >= 15 is 0 Å². The highest BCUT2D eigenvalue weighted by molar-refractivity contribution is 7.59. The van der Waals surface area contributed by atoms with Gasteiger partial charge in [-0.05, 0) is 25.7 Å². The van der Waals surface area contributed by atoms with Crippen LogP contribution >= 0.6 is 7.37 Å². The molecule has 0 N–H and O–H groups in total. The van der Waals surface area contributed by atoms with Crippen LogP contribution in [0.15, 0.2) is 0 Å². The van der Waals surface area contributed by atoms with Gasteiger partial charge >= 0.3 is 0 Å². The van der Waals surface area contributed by atoms with Gasteiger partial charge < -0.3 is 4.52 Å². The SMILES string of the molecule is CCOP1(=O)CCC(C)CC1. The lowest BCUT2D eigenvalue weighted by Gasteiger charge is -2.25. The van der Waals surface area contributed by atoms with E-state index in [1.54, 1.807) is 0 Å². The standard InChI is InChI=1S/C8H17O2P/c1-3-10-11(9)6-4-8(2)5-7-11/h8H,3-7H2,1-2H3. The Morgan fingerprint density at radius 2 is 2.00 bits per heavy atom. The van der Waals surface area contributed by atoms with Crippen molar-refractivity contribution < 1.29 is 9.09 Å². The van der Waals surface area contributed by atoms with Crippen LogP contribution in [0.1, 0.15) is 26.7 Å². The second-order valence-electron chi connectivity index (χ2n) is 3.36. The molecule has 11 heavy (non-hydrogen) atoms. The van der Waals surface area contributed by atoms with Gasteiger partial charge in [0, 0.05) is 12.3 Å². The normalized spacial score (nSPS) is 38.9. The maximum absolute atomic E-state index is 11.8. The molecule has 0 aromatic carbocycles. The average molecular weight is 176 g/mol. The third-order valence-electron chi connectivity index (χ3n) is 2.29. The molecule has 66 valence electrons. The van der Waals surface area contributed by atoms with Gasteiger partial charge in [-0.1, -0.05) is 6.92 Å². The molecule has 2 nitrogen and oxygen atoms in total. The largest absolute Gasteiger partial charge is 0.329 e. The highest BCUT2D eigenvalue weighted by Gasteiger charge is 2.28. The lowest BCUT2D eigenvalue weighted by Crippen LogP contribution is -2.12. The van der Waals surface area contributed by atoms with Gasteiger partial charge in [0.15, 0.2) is 0 Å². The Labute approximate surface area is 68.8 Å². The van der Waals surface area contributed by atoms with Crippen LogP contribution in [-0.2, 0) is 9.09 Å². The third-order valence-corrected chi connectivity index (χ3v) is 4.90. The Kier molecular flexibility index (Phi) is 3.15. The van der Waals surface area contributed by atoms with Gasteiger partial charge in [-0.25, -0.2) is 0 Å². The van der Waals surface area contributed by atoms with Crippen molar-refractivity contribution in [1.29, 1.82) is 0 Å². The molecule has 1 rings (SSSR count). The molecular weight excluding hydrogens is 159 g/mol. The van der Waals surface area contributed by atoms with Crippen LogP contribution in [0, 0.1) is 5.92 Å². The molecule has 0 spiro atoms. The first-order valence-electron chi connectivity index (χ1n) is 4.39. The summed E-state index contributed by atoms with van der Waals surface area (Å²) in [5, 5.41) is 0. The summed E-state index contributed by atoms with van der Waals surface area (Å²) in [6, 6.07) is 0. The van der Waals surface area contributed by atoms with E-state index in [1.807, 2.05) is 6.92 Å². The topological polar surface area (TPSA) is 26.3 Å². The van der Waals surface area contributed by atoms with E-state index in [4.69, 9.17) is 4.52 Å². The Morgan fingerprint density at radius 3 is 2.45 bits per heavy atom. The fourth-order valence-electron chi connectivity index (χ4n) is 1.45. The van der Waals surface area contributed by atoms with Crippen molar-refractivity contribution in [3.05, 3.63) is 0 Å². The Balaban J connectivity index is 2.42. The van der Waals surface area contributed by atoms with Crippen LogP contribution in [-0.4, -0.2) is 18.9 Å². The molecule has 1 saturated heterocycles. The van der Waals surface area contributed by atoms with Crippen LogP contribution < -0.4 is 0 Å². The van der Waals surface area contributed by atoms with E-state index in [-0.39, 0.29) is 0 Å². The molecule has 0 bridgehead atoms. The van der Waals surface area contributed by atoms with Crippen LogP contribution in [0.4, 0.5) is 0 Å². The molecule has 1 aliphatic rings. The fraction of sp³-hybridized carbons (Fsp3) is 1.00. The van der Waals surface area contributed by atoms with E-state index in [0.29, 0.717) is 6.61 Å². The zero-order valence-corrected chi connectivity index (χ0v) is 8.27. The van der Waals surface area contributed by atoms with Crippen LogP contribution in [0.3, 0.4) is 0 Å². The second-order valence-corrected chi connectivity index (χ2v) is 6.14. The van der Waals surface area contributed by atoms with E-state index < -0.39 is 7.37 Å². The predicted octanol–water partition coefficient (Wildman–Crippen LogP) is 2.73. The van der Waals surface area contributed by atoms with Gasteiger partial charge in [0.25, 0.3) is 0 Å². The van der Waals surface area contributed by atoms with Crippen molar-refractivity contribution in [3.63, 3.8) is 0 Å². The zero-order chi connectivity index (χ0) is 8.32. The van der Waals surface area contributed by atoms with Crippen molar-refractivity contribution >= 4 is 7.37 Å². The molecule has 0 saturated carbocycles. The highest BCUT2D eigenvalue weighted by atomic mass is 31.2. The third kappa shape index (κ3) is 2.61. The Bertz CT molecular complexity index is 155. The monoisotopic (exact) mass is 176 g/mol. The van der Waals surface area contributed by atoms with E-state index in [2.05, 4.69) is 6.92 Å².